The Balaban J connectivity index is 2.16. The largest absolute Gasteiger partial charge is 0.508 e. The van der Waals surface area contributed by atoms with E-state index in [2.05, 4.69) is 24.1 Å². The molecule has 0 saturated heterocycles. The van der Waals surface area contributed by atoms with Crippen molar-refractivity contribution in [2.24, 2.45) is 0 Å². The minimum Gasteiger partial charge on any atom is -0.508 e. The van der Waals surface area contributed by atoms with Gasteiger partial charge in [-0.3, -0.25) is 4.79 Å². The second-order valence-corrected chi connectivity index (χ2v) is 5.15. The lowest BCUT2D eigenvalue weighted by Crippen LogP contribution is -2.53. The summed E-state index contributed by atoms with van der Waals surface area (Å²) in [6.45, 7) is 4.15. The van der Waals surface area contributed by atoms with Gasteiger partial charge in [-0.05, 0) is 38.8 Å². The highest BCUT2D eigenvalue weighted by Crippen LogP contribution is 2.51. The molecule has 2 aliphatic rings. The standard InChI is InChI=1S/C13H16N2O2/c1-8(2)15-11-7-9(16)3-4-10(11)14-12(17)13(15)5-6-13/h3-4,7-8,16H,5-6H2,1-2H3,(H,14,17). The number of hydrogen-bond acceptors (Lipinski definition) is 3. The first-order valence-electron chi connectivity index (χ1n) is 5.98. The lowest BCUT2D eigenvalue weighted by molar-refractivity contribution is -0.118. The van der Waals surface area contributed by atoms with Crippen LogP contribution < -0.4 is 10.2 Å². The molecule has 1 spiro atoms. The van der Waals surface area contributed by atoms with Crippen molar-refractivity contribution in [3.8, 4) is 5.75 Å². The van der Waals surface area contributed by atoms with E-state index in [1.807, 2.05) is 0 Å². The van der Waals surface area contributed by atoms with Crippen molar-refractivity contribution in [1.82, 2.24) is 0 Å². The molecule has 1 amide bonds. The van der Waals surface area contributed by atoms with Gasteiger partial charge < -0.3 is 15.3 Å². The molecule has 90 valence electrons. The van der Waals surface area contributed by atoms with Crippen molar-refractivity contribution < 1.29 is 9.90 Å². The first-order chi connectivity index (χ1) is 8.04. The lowest BCUT2D eigenvalue weighted by Gasteiger charge is -2.41. The van der Waals surface area contributed by atoms with E-state index in [1.54, 1.807) is 18.2 Å². The van der Waals surface area contributed by atoms with Gasteiger partial charge in [-0.1, -0.05) is 0 Å². The maximum absolute atomic E-state index is 12.1. The summed E-state index contributed by atoms with van der Waals surface area (Å²) in [6.07, 6.45) is 1.79. The van der Waals surface area contributed by atoms with E-state index in [-0.39, 0.29) is 23.2 Å². The minimum absolute atomic E-state index is 0.0874. The van der Waals surface area contributed by atoms with Gasteiger partial charge in [0.05, 0.1) is 11.4 Å². The number of phenolic OH excluding ortho intramolecular Hbond substituents is 1. The van der Waals surface area contributed by atoms with Crippen molar-refractivity contribution >= 4 is 17.3 Å². The molecule has 1 heterocycles. The Morgan fingerprint density at radius 3 is 2.71 bits per heavy atom. The zero-order valence-corrected chi connectivity index (χ0v) is 10.0. The number of fused-ring (bicyclic) bond motifs is 1. The lowest BCUT2D eigenvalue weighted by atomic mass is 10.0. The average molecular weight is 232 g/mol. The van der Waals surface area contributed by atoms with Gasteiger partial charge in [0.15, 0.2) is 0 Å². The van der Waals surface area contributed by atoms with Gasteiger partial charge in [0, 0.05) is 12.1 Å². The summed E-state index contributed by atoms with van der Waals surface area (Å²) >= 11 is 0. The van der Waals surface area contributed by atoms with E-state index < -0.39 is 0 Å². The molecular weight excluding hydrogens is 216 g/mol. The van der Waals surface area contributed by atoms with E-state index in [1.165, 1.54) is 0 Å². The highest BCUT2D eigenvalue weighted by Gasteiger charge is 2.58. The first kappa shape index (κ1) is 10.4. The molecule has 0 atom stereocenters. The number of nitrogens with one attached hydrogen (secondary N) is 1. The van der Waals surface area contributed by atoms with Gasteiger partial charge in [-0.25, -0.2) is 0 Å². The number of hydrogen-bond donors (Lipinski definition) is 2. The summed E-state index contributed by atoms with van der Waals surface area (Å²) in [5, 5.41) is 12.5. The average Bonchev–Trinajstić information content (AvgIpc) is 3.02. The maximum Gasteiger partial charge on any atom is 0.250 e. The number of nitrogens with zero attached hydrogens (tertiary/aromatic N) is 1. The molecule has 2 N–H and O–H groups in total. The summed E-state index contributed by atoms with van der Waals surface area (Å²) in [4.78, 5) is 14.3. The SMILES string of the molecule is CC(C)N1c2cc(O)ccc2NC(=O)C12CC2. The van der Waals surface area contributed by atoms with Crippen LogP contribution in [0.5, 0.6) is 5.75 Å². The fourth-order valence-electron chi connectivity index (χ4n) is 2.76. The normalized spacial score (nSPS) is 20.4. The molecule has 1 aromatic carbocycles. The Bertz CT molecular complexity index is 492. The van der Waals surface area contributed by atoms with E-state index in [4.69, 9.17) is 0 Å². The molecule has 4 heteroatoms. The third-order valence-electron chi connectivity index (χ3n) is 3.61. The highest BCUT2D eigenvalue weighted by molar-refractivity contribution is 6.08. The second-order valence-electron chi connectivity index (χ2n) is 5.15. The molecular formula is C13H16N2O2. The summed E-state index contributed by atoms with van der Waals surface area (Å²) < 4.78 is 0. The predicted molar refractivity (Wildman–Crippen MR) is 66.3 cm³/mol. The van der Waals surface area contributed by atoms with E-state index in [0.717, 1.165) is 24.2 Å². The molecule has 1 aliphatic heterocycles. The summed E-state index contributed by atoms with van der Waals surface area (Å²) in [5.74, 6) is 0.325. The van der Waals surface area contributed by atoms with Crippen LogP contribution >= 0.6 is 0 Å². The van der Waals surface area contributed by atoms with Crippen LogP contribution in [0.25, 0.3) is 0 Å². The number of amides is 1. The van der Waals surface area contributed by atoms with Gasteiger partial charge in [0.1, 0.15) is 11.3 Å². The molecule has 4 nitrogen and oxygen atoms in total. The fraction of sp³-hybridized carbons (Fsp3) is 0.462. The molecule has 1 aliphatic carbocycles. The van der Waals surface area contributed by atoms with Crippen molar-refractivity contribution in [3.63, 3.8) is 0 Å². The topological polar surface area (TPSA) is 52.6 Å². The highest BCUT2D eigenvalue weighted by atomic mass is 16.3. The van der Waals surface area contributed by atoms with Crippen molar-refractivity contribution in [1.29, 1.82) is 0 Å². The third kappa shape index (κ3) is 1.33. The number of carbonyl (C=O) groups is 1. The second kappa shape index (κ2) is 3.15. The van der Waals surface area contributed by atoms with Crippen molar-refractivity contribution in [2.75, 3.05) is 10.2 Å². The molecule has 0 unspecified atom stereocenters. The Morgan fingerprint density at radius 1 is 1.41 bits per heavy atom. The quantitative estimate of drug-likeness (QED) is 0.729. The van der Waals surface area contributed by atoms with Gasteiger partial charge >= 0.3 is 0 Å². The van der Waals surface area contributed by atoms with Crippen LogP contribution in [0.15, 0.2) is 18.2 Å². The van der Waals surface area contributed by atoms with Crippen LogP contribution in [0.2, 0.25) is 0 Å². The molecule has 17 heavy (non-hydrogen) atoms. The van der Waals surface area contributed by atoms with Crippen molar-refractivity contribution in [2.45, 2.75) is 38.3 Å². The van der Waals surface area contributed by atoms with Crippen LogP contribution in [0.4, 0.5) is 11.4 Å². The summed E-state index contributed by atoms with van der Waals surface area (Å²) in [5.41, 5.74) is 1.35. The number of benzene rings is 1. The smallest absolute Gasteiger partial charge is 0.250 e. The number of carbonyl (C=O) groups excluding carboxylic acids is 1. The van der Waals surface area contributed by atoms with Gasteiger partial charge in [-0.15, -0.1) is 0 Å². The number of phenols is 1. The maximum atomic E-state index is 12.1. The molecule has 1 fully saturated rings. The summed E-state index contributed by atoms with van der Waals surface area (Å²) in [6, 6.07) is 5.33. The van der Waals surface area contributed by atoms with E-state index in [9.17, 15) is 9.90 Å². The molecule has 3 rings (SSSR count). The minimum atomic E-state index is -0.366. The number of rotatable bonds is 1. The Kier molecular flexibility index (Phi) is 1.94. The zero-order chi connectivity index (χ0) is 12.2. The molecule has 1 aromatic rings. The van der Waals surface area contributed by atoms with Gasteiger partial charge in [0.25, 0.3) is 0 Å². The Morgan fingerprint density at radius 2 is 2.12 bits per heavy atom. The van der Waals surface area contributed by atoms with Gasteiger partial charge in [-0.2, -0.15) is 0 Å². The molecule has 0 radical (unpaired) electrons. The van der Waals surface area contributed by atoms with Crippen molar-refractivity contribution in [3.05, 3.63) is 18.2 Å². The fourth-order valence-corrected chi connectivity index (χ4v) is 2.76. The van der Waals surface area contributed by atoms with Crippen LogP contribution in [-0.4, -0.2) is 22.6 Å². The zero-order valence-electron chi connectivity index (χ0n) is 10.0. The van der Waals surface area contributed by atoms with Crippen LogP contribution in [0.3, 0.4) is 0 Å². The molecule has 0 aromatic heterocycles. The number of anilines is 2. The predicted octanol–water partition coefficient (Wildman–Crippen LogP) is 2.09. The third-order valence-corrected chi connectivity index (χ3v) is 3.61. The molecule has 0 bridgehead atoms. The summed E-state index contributed by atoms with van der Waals surface area (Å²) in [7, 11) is 0. The Labute approximate surface area is 100 Å². The van der Waals surface area contributed by atoms with Gasteiger partial charge in [0.2, 0.25) is 5.91 Å². The van der Waals surface area contributed by atoms with Crippen LogP contribution in [-0.2, 0) is 4.79 Å². The first-order valence-corrected chi connectivity index (χ1v) is 5.98. The van der Waals surface area contributed by atoms with Crippen LogP contribution in [0, 0.1) is 0 Å². The van der Waals surface area contributed by atoms with Crippen LogP contribution in [0.1, 0.15) is 26.7 Å². The monoisotopic (exact) mass is 232 g/mol. The van der Waals surface area contributed by atoms with E-state index in [0.29, 0.717) is 0 Å². The Hall–Kier alpha value is -1.71. The number of aromatic hydroxyl groups is 1. The molecule has 1 saturated carbocycles. The van der Waals surface area contributed by atoms with E-state index >= 15 is 0 Å².